The fourth-order valence-electron chi connectivity index (χ4n) is 0.356. The third-order valence-corrected chi connectivity index (χ3v) is 2.29. The molecule has 0 fully saturated rings. The first-order valence-electron chi connectivity index (χ1n) is 2.64. The Balaban J connectivity index is 5.30. The highest BCUT2D eigenvalue weighted by Gasteiger charge is 2.76. The van der Waals surface area contributed by atoms with Gasteiger partial charge >= 0.3 is 16.4 Å². The Morgan fingerprint density at radius 1 is 0.571 bits per heavy atom. The second-order valence-corrected chi connectivity index (χ2v) is 5.66. The Morgan fingerprint density at radius 3 is 0.929 bits per heavy atom. The Labute approximate surface area is 100 Å². The van der Waals surface area contributed by atoms with Gasteiger partial charge in [0.1, 0.15) is 0 Å². The average molecular weight is 320 g/mol. The second kappa shape index (κ2) is 3.84. The summed E-state index contributed by atoms with van der Waals surface area (Å²) < 4.78 is 54.4. The average Bonchev–Trinajstić information content (AvgIpc) is 1.81. The first kappa shape index (κ1) is 15.1. The third-order valence-electron chi connectivity index (χ3n) is 1.11. The van der Waals surface area contributed by atoms with Crippen LogP contribution in [0.4, 0.5) is 22.0 Å². The van der Waals surface area contributed by atoms with Crippen LogP contribution >= 0.6 is 58.0 Å². The molecule has 10 heteroatoms. The van der Waals surface area contributed by atoms with Crippen molar-refractivity contribution >= 4 is 58.0 Å². The predicted octanol–water partition coefficient (Wildman–Crippen LogP) is 4.73. The van der Waals surface area contributed by atoms with E-state index in [9.17, 15) is 22.0 Å². The predicted molar refractivity (Wildman–Crippen MR) is 45.7 cm³/mol. The van der Waals surface area contributed by atoms with Gasteiger partial charge < -0.3 is 0 Å². The Kier molecular flexibility index (Phi) is 4.14. The summed E-state index contributed by atoms with van der Waals surface area (Å²) in [6.45, 7) is 0. The summed E-state index contributed by atoms with van der Waals surface area (Å²) in [4.78, 5) is 0. The lowest BCUT2D eigenvalue weighted by atomic mass is 10.2. The molecule has 0 aromatic carbocycles. The SMILES string of the molecule is FC(Cl)(Cl)C(F)(F)C(F)(F)C(Cl)(Cl)Cl. The molecule has 0 aliphatic rings. The summed E-state index contributed by atoms with van der Waals surface area (Å²) in [5.41, 5.74) is 0. The van der Waals surface area contributed by atoms with Gasteiger partial charge in [-0.2, -0.15) is 17.6 Å². The van der Waals surface area contributed by atoms with Crippen molar-refractivity contribution in [1.82, 2.24) is 0 Å². The zero-order chi connectivity index (χ0) is 12.0. The maximum absolute atomic E-state index is 12.6. The van der Waals surface area contributed by atoms with E-state index in [1.54, 1.807) is 0 Å². The number of hydrogen-bond acceptors (Lipinski definition) is 0. The highest BCUT2D eigenvalue weighted by Crippen LogP contribution is 2.57. The number of halogens is 10. The fraction of sp³-hybridized carbons (Fsp3) is 1.00. The van der Waals surface area contributed by atoms with Gasteiger partial charge in [0.05, 0.1) is 0 Å². The molecule has 0 nitrogen and oxygen atoms in total. The molecule has 0 rings (SSSR count). The van der Waals surface area contributed by atoms with Crippen molar-refractivity contribution in [1.29, 1.82) is 0 Å². The number of alkyl halides is 10. The Hall–Kier alpha value is 1.10. The van der Waals surface area contributed by atoms with E-state index in [2.05, 4.69) is 58.0 Å². The molecule has 14 heavy (non-hydrogen) atoms. The maximum Gasteiger partial charge on any atom is 0.375 e. The summed E-state index contributed by atoms with van der Waals surface area (Å²) >= 11 is 22.0. The Bertz CT molecular complexity index is 191. The second-order valence-electron chi connectivity index (χ2n) is 2.14. The molecule has 0 aromatic rings. The lowest BCUT2D eigenvalue weighted by molar-refractivity contribution is -0.230. The molecule has 0 aliphatic carbocycles. The van der Waals surface area contributed by atoms with E-state index in [4.69, 9.17) is 0 Å². The van der Waals surface area contributed by atoms with Crippen molar-refractivity contribution in [2.75, 3.05) is 0 Å². The largest absolute Gasteiger partial charge is 0.375 e. The van der Waals surface area contributed by atoms with Gasteiger partial charge in [0.25, 0.3) is 3.79 Å². The van der Waals surface area contributed by atoms with Gasteiger partial charge in [-0.25, -0.2) is 4.39 Å². The van der Waals surface area contributed by atoms with Crippen LogP contribution in [0.2, 0.25) is 0 Å². The summed E-state index contributed by atoms with van der Waals surface area (Å²) in [7, 11) is 0. The molecule has 0 bridgehead atoms. The highest BCUT2D eigenvalue weighted by atomic mass is 35.6. The van der Waals surface area contributed by atoms with Crippen molar-refractivity contribution in [2.24, 2.45) is 0 Å². The molecule has 0 atom stereocenters. The van der Waals surface area contributed by atoms with Crippen LogP contribution in [0.1, 0.15) is 0 Å². The molecule has 0 aromatic heterocycles. The number of hydrogen-bond donors (Lipinski definition) is 0. The summed E-state index contributed by atoms with van der Waals surface area (Å²) in [5.74, 6) is -10.9. The third kappa shape index (κ3) is 2.43. The molecular weight excluding hydrogens is 320 g/mol. The highest BCUT2D eigenvalue weighted by molar-refractivity contribution is 6.68. The minimum atomic E-state index is -5.55. The van der Waals surface area contributed by atoms with Crippen molar-refractivity contribution < 1.29 is 22.0 Å². The zero-order valence-electron chi connectivity index (χ0n) is 5.78. The van der Waals surface area contributed by atoms with Gasteiger partial charge in [-0.05, 0) is 0 Å². The lowest BCUT2D eigenvalue weighted by Gasteiger charge is -2.34. The van der Waals surface area contributed by atoms with Gasteiger partial charge in [-0.3, -0.25) is 0 Å². The normalized spacial score (nSPS) is 15.9. The van der Waals surface area contributed by atoms with Crippen LogP contribution in [-0.4, -0.2) is 20.2 Å². The van der Waals surface area contributed by atoms with Crippen molar-refractivity contribution in [3.05, 3.63) is 0 Å². The lowest BCUT2D eigenvalue weighted by Crippen LogP contribution is -2.57. The minimum Gasteiger partial charge on any atom is -0.201 e. The maximum atomic E-state index is 12.6. The molecule has 0 saturated carbocycles. The molecule has 0 saturated heterocycles. The fourth-order valence-corrected chi connectivity index (χ4v) is 0.949. The van der Waals surface area contributed by atoms with E-state index in [1.807, 2.05) is 0 Å². The smallest absolute Gasteiger partial charge is 0.201 e. The van der Waals surface area contributed by atoms with Crippen LogP contribution in [0, 0.1) is 0 Å². The summed E-state index contributed by atoms with van der Waals surface area (Å²) in [6, 6.07) is 0. The van der Waals surface area contributed by atoms with E-state index in [0.717, 1.165) is 0 Å². The van der Waals surface area contributed by atoms with Gasteiger partial charge in [0, 0.05) is 0 Å². The van der Waals surface area contributed by atoms with Crippen molar-refractivity contribution in [2.45, 2.75) is 20.2 Å². The molecule has 0 unspecified atom stereocenters. The molecule has 86 valence electrons. The van der Waals surface area contributed by atoms with Crippen molar-refractivity contribution in [3.63, 3.8) is 0 Å². The van der Waals surface area contributed by atoms with E-state index in [1.165, 1.54) is 0 Å². The molecule has 0 spiro atoms. The minimum absolute atomic E-state index is 3.74. The van der Waals surface area contributed by atoms with Gasteiger partial charge in [0.2, 0.25) is 0 Å². The number of rotatable bonds is 2. The molecule has 0 N–H and O–H groups in total. The standard InChI is InChI=1S/C4Cl5F5/c5-3(6,7)1(10,11)2(12,13)4(8,9)14. The van der Waals surface area contributed by atoms with Gasteiger partial charge in [-0.15, -0.1) is 0 Å². The van der Waals surface area contributed by atoms with Crippen LogP contribution in [0.15, 0.2) is 0 Å². The van der Waals surface area contributed by atoms with Crippen molar-refractivity contribution in [3.8, 4) is 0 Å². The zero-order valence-corrected chi connectivity index (χ0v) is 9.56. The summed E-state index contributed by atoms with van der Waals surface area (Å²) in [5, 5.41) is 0. The van der Waals surface area contributed by atoms with Crippen LogP contribution in [0.25, 0.3) is 0 Å². The Morgan fingerprint density at radius 2 is 0.857 bits per heavy atom. The van der Waals surface area contributed by atoms with E-state index in [-0.39, 0.29) is 0 Å². The van der Waals surface area contributed by atoms with Crippen LogP contribution in [0.3, 0.4) is 0 Å². The molecule has 0 radical (unpaired) electrons. The van der Waals surface area contributed by atoms with Gasteiger partial charge in [0.15, 0.2) is 0 Å². The monoisotopic (exact) mass is 318 g/mol. The van der Waals surface area contributed by atoms with Crippen LogP contribution < -0.4 is 0 Å². The summed E-state index contributed by atoms with van der Waals surface area (Å²) in [6.07, 6.45) is 0. The van der Waals surface area contributed by atoms with Crippen LogP contribution in [0.5, 0.6) is 0 Å². The van der Waals surface area contributed by atoms with E-state index in [0.29, 0.717) is 0 Å². The quantitative estimate of drug-likeness (QED) is 0.510. The molecular formula is C4Cl5F5. The van der Waals surface area contributed by atoms with Gasteiger partial charge in [-0.1, -0.05) is 58.0 Å². The molecule has 0 amide bonds. The topological polar surface area (TPSA) is 0 Å². The van der Waals surface area contributed by atoms with Crippen LogP contribution in [-0.2, 0) is 0 Å². The van der Waals surface area contributed by atoms with E-state index < -0.39 is 20.2 Å². The first-order valence-corrected chi connectivity index (χ1v) is 4.53. The molecule has 0 aliphatic heterocycles. The first-order chi connectivity index (χ1) is 5.75. The molecule has 0 heterocycles. The van der Waals surface area contributed by atoms with E-state index >= 15 is 0 Å².